The minimum absolute atomic E-state index is 0.251. The van der Waals surface area contributed by atoms with Crippen LogP contribution in [0.25, 0.3) is 10.9 Å². The zero-order valence-corrected chi connectivity index (χ0v) is 10.8. The third-order valence-corrected chi connectivity index (χ3v) is 3.62. The van der Waals surface area contributed by atoms with E-state index in [9.17, 15) is 18.0 Å². The van der Waals surface area contributed by atoms with Gasteiger partial charge in [0.25, 0.3) is 0 Å². The minimum Gasteiger partial charge on any atom is -0.481 e. The quantitative estimate of drug-likeness (QED) is 0.926. The van der Waals surface area contributed by atoms with Crippen LogP contribution in [0.4, 0.5) is 18.9 Å². The van der Waals surface area contributed by atoms with Crippen molar-refractivity contribution >= 4 is 22.6 Å². The summed E-state index contributed by atoms with van der Waals surface area (Å²) in [6.07, 6.45) is -2.97. The molecular weight excluding hydrogens is 285 g/mol. The molecule has 1 fully saturated rings. The molecule has 0 amide bonds. The van der Waals surface area contributed by atoms with Crippen molar-refractivity contribution in [2.75, 3.05) is 18.0 Å². The van der Waals surface area contributed by atoms with Crippen LogP contribution in [0.15, 0.2) is 30.5 Å². The van der Waals surface area contributed by atoms with Gasteiger partial charge in [0.1, 0.15) is 0 Å². The van der Waals surface area contributed by atoms with Gasteiger partial charge in [0.05, 0.1) is 17.0 Å². The third-order valence-electron chi connectivity index (χ3n) is 3.62. The number of carboxylic acid groups (broad SMARTS) is 1. The van der Waals surface area contributed by atoms with Crippen molar-refractivity contribution in [1.82, 2.24) is 4.98 Å². The molecule has 1 aliphatic heterocycles. The molecule has 0 radical (unpaired) electrons. The van der Waals surface area contributed by atoms with Gasteiger partial charge < -0.3 is 10.0 Å². The number of fused-ring (bicyclic) bond motifs is 1. The van der Waals surface area contributed by atoms with Crippen molar-refractivity contribution in [3.8, 4) is 0 Å². The number of rotatable bonds is 2. The topological polar surface area (TPSA) is 53.4 Å². The van der Waals surface area contributed by atoms with Crippen LogP contribution in [0.3, 0.4) is 0 Å². The summed E-state index contributed by atoms with van der Waals surface area (Å²) in [6, 6.07) is 5.09. The predicted octanol–water partition coefficient (Wildman–Crippen LogP) is 2.77. The minimum atomic E-state index is -4.41. The summed E-state index contributed by atoms with van der Waals surface area (Å²) in [5.41, 5.74) is 0.221. The molecule has 0 spiro atoms. The number of halogens is 3. The highest BCUT2D eigenvalue weighted by molar-refractivity contribution is 5.93. The number of anilines is 1. The highest BCUT2D eigenvalue weighted by atomic mass is 19.4. The van der Waals surface area contributed by atoms with E-state index in [4.69, 9.17) is 5.11 Å². The molecule has 7 heteroatoms. The highest BCUT2D eigenvalue weighted by Crippen LogP contribution is 2.35. The molecule has 0 aliphatic carbocycles. The fraction of sp³-hybridized carbons (Fsp3) is 0.286. The van der Waals surface area contributed by atoms with Gasteiger partial charge in [-0.3, -0.25) is 9.78 Å². The fourth-order valence-corrected chi connectivity index (χ4v) is 2.42. The van der Waals surface area contributed by atoms with E-state index in [2.05, 4.69) is 4.98 Å². The molecule has 110 valence electrons. The fourth-order valence-electron chi connectivity index (χ4n) is 2.42. The van der Waals surface area contributed by atoms with Crippen molar-refractivity contribution in [3.63, 3.8) is 0 Å². The van der Waals surface area contributed by atoms with Crippen LogP contribution >= 0.6 is 0 Å². The average molecular weight is 296 g/mol. The van der Waals surface area contributed by atoms with Gasteiger partial charge in [-0.2, -0.15) is 13.2 Å². The Morgan fingerprint density at radius 1 is 1.29 bits per heavy atom. The van der Waals surface area contributed by atoms with Gasteiger partial charge in [0.15, 0.2) is 0 Å². The Labute approximate surface area is 117 Å². The number of hydrogen-bond donors (Lipinski definition) is 1. The van der Waals surface area contributed by atoms with E-state index in [-0.39, 0.29) is 5.52 Å². The van der Waals surface area contributed by atoms with Crippen LogP contribution in [0.5, 0.6) is 0 Å². The first kappa shape index (κ1) is 13.7. The Morgan fingerprint density at radius 2 is 2.00 bits per heavy atom. The summed E-state index contributed by atoms with van der Waals surface area (Å²) in [7, 11) is 0. The molecule has 3 rings (SSSR count). The second kappa shape index (κ2) is 4.61. The van der Waals surface area contributed by atoms with Crippen LogP contribution < -0.4 is 4.90 Å². The van der Waals surface area contributed by atoms with E-state index >= 15 is 0 Å². The SMILES string of the molecule is O=C(O)C1CN(c2ccnc3cc(C(F)(F)F)ccc23)C1. The van der Waals surface area contributed by atoms with E-state index in [1.54, 1.807) is 6.07 Å². The number of benzene rings is 1. The number of nitrogens with zero attached hydrogens (tertiary/aromatic N) is 2. The Bertz CT molecular complexity index is 709. The van der Waals surface area contributed by atoms with Crippen LogP contribution in [0, 0.1) is 5.92 Å². The van der Waals surface area contributed by atoms with Crippen LogP contribution in [-0.4, -0.2) is 29.1 Å². The number of aliphatic carboxylic acids is 1. The maximum Gasteiger partial charge on any atom is 0.416 e. The molecule has 2 heterocycles. The van der Waals surface area contributed by atoms with E-state index in [1.165, 1.54) is 12.3 Å². The lowest BCUT2D eigenvalue weighted by Gasteiger charge is -2.39. The average Bonchev–Trinajstić information content (AvgIpc) is 2.35. The summed E-state index contributed by atoms with van der Waals surface area (Å²) in [6.45, 7) is 0.713. The summed E-state index contributed by atoms with van der Waals surface area (Å²) < 4.78 is 38.1. The lowest BCUT2D eigenvalue weighted by Crippen LogP contribution is -2.50. The maximum absolute atomic E-state index is 12.7. The Morgan fingerprint density at radius 3 is 2.62 bits per heavy atom. The van der Waals surface area contributed by atoms with Crippen LogP contribution in [0.1, 0.15) is 5.56 Å². The standard InChI is InChI=1S/C14H11F3N2O2/c15-14(16,17)9-1-2-10-11(5-9)18-4-3-12(10)19-6-8(7-19)13(20)21/h1-5,8H,6-7H2,(H,20,21). The first-order valence-electron chi connectivity index (χ1n) is 6.30. The maximum atomic E-state index is 12.7. The molecule has 0 bridgehead atoms. The second-order valence-corrected chi connectivity index (χ2v) is 5.00. The second-order valence-electron chi connectivity index (χ2n) is 5.00. The summed E-state index contributed by atoms with van der Waals surface area (Å²) in [5.74, 6) is -1.29. The van der Waals surface area contributed by atoms with Gasteiger partial charge in [-0.15, -0.1) is 0 Å². The number of pyridine rings is 1. The molecule has 0 saturated carbocycles. The van der Waals surface area contributed by atoms with Crippen LogP contribution in [-0.2, 0) is 11.0 Å². The molecule has 1 aromatic carbocycles. The largest absolute Gasteiger partial charge is 0.481 e. The van der Waals surface area contributed by atoms with Crippen molar-refractivity contribution in [2.24, 2.45) is 5.92 Å². The molecule has 1 saturated heterocycles. The molecule has 4 nitrogen and oxygen atoms in total. The van der Waals surface area contributed by atoms with Gasteiger partial charge in [-0.05, 0) is 18.2 Å². The predicted molar refractivity (Wildman–Crippen MR) is 70.1 cm³/mol. The lowest BCUT2D eigenvalue weighted by molar-refractivity contribution is -0.142. The van der Waals surface area contributed by atoms with E-state index in [1.807, 2.05) is 4.90 Å². The van der Waals surface area contributed by atoms with Gasteiger partial charge in [-0.1, -0.05) is 6.07 Å². The van der Waals surface area contributed by atoms with E-state index < -0.39 is 23.6 Å². The number of alkyl halides is 3. The first-order valence-corrected chi connectivity index (χ1v) is 6.30. The number of carbonyl (C=O) groups is 1. The van der Waals surface area contributed by atoms with Gasteiger partial charge >= 0.3 is 12.1 Å². The number of aromatic nitrogens is 1. The lowest BCUT2D eigenvalue weighted by atomic mass is 9.98. The zero-order chi connectivity index (χ0) is 15.2. The summed E-state index contributed by atoms with van der Waals surface area (Å²) in [4.78, 5) is 16.6. The molecule has 21 heavy (non-hydrogen) atoms. The third kappa shape index (κ3) is 2.39. The summed E-state index contributed by atoms with van der Waals surface area (Å²) >= 11 is 0. The Balaban J connectivity index is 1.96. The van der Waals surface area contributed by atoms with Crippen molar-refractivity contribution in [1.29, 1.82) is 0 Å². The molecule has 0 unspecified atom stereocenters. The first-order chi connectivity index (χ1) is 9.86. The molecule has 0 atom stereocenters. The van der Waals surface area contributed by atoms with Crippen molar-refractivity contribution < 1.29 is 23.1 Å². The molecule has 2 aromatic rings. The van der Waals surface area contributed by atoms with Crippen molar-refractivity contribution in [2.45, 2.75) is 6.18 Å². The number of carboxylic acids is 1. The molecule has 1 aromatic heterocycles. The van der Waals surface area contributed by atoms with Gasteiger partial charge in [-0.25, -0.2) is 0 Å². The summed E-state index contributed by atoms with van der Waals surface area (Å²) in [5, 5.41) is 9.47. The van der Waals surface area contributed by atoms with Gasteiger partial charge in [0.2, 0.25) is 0 Å². The smallest absolute Gasteiger partial charge is 0.416 e. The van der Waals surface area contributed by atoms with Crippen LogP contribution in [0.2, 0.25) is 0 Å². The number of hydrogen-bond acceptors (Lipinski definition) is 3. The molecular formula is C14H11F3N2O2. The highest BCUT2D eigenvalue weighted by Gasteiger charge is 2.34. The van der Waals surface area contributed by atoms with E-state index in [0.717, 1.165) is 12.1 Å². The normalized spacial score (nSPS) is 16.0. The Hall–Kier alpha value is -2.31. The Kier molecular flexibility index (Phi) is 3.00. The monoisotopic (exact) mass is 296 g/mol. The van der Waals surface area contributed by atoms with Crippen molar-refractivity contribution in [3.05, 3.63) is 36.0 Å². The zero-order valence-electron chi connectivity index (χ0n) is 10.8. The molecule has 1 aliphatic rings. The van der Waals surface area contributed by atoms with Gasteiger partial charge in [0, 0.05) is 30.4 Å². The van der Waals surface area contributed by atoms with E-state index in [0.29, 0.717) is 24.2 Å². The molecule has 1 N–H and O–H groups in total.